The molecule has 30 heavy (non-hydrogen) atoms. The topological polar surface area (TPSA) is 98.8 Å². The summed E-state index contributed by atoms with van der Waals surface area (Å²) in [4.78, 5) is 26.5. The molecule has 2 heterocycles. The summed E-state index contributed by atoms with van der Waals surface area (Å²) in [5, 5.41) is 7.50. The van der Waals surface area contributed by atoms with Crippen LogP contribution in [-0.4, -0.2) is 68.2 Å². The number of anilines is 1. The Bertz CT molecular complexity index is 1010. The van der Waals surface area contributed by atoms with Crippen molar-refractivity contribution in [1.82, 2.24) is 14.5 Å². The Morgan fingerprint density at radius 2 is 1.83 bits per heavy atom. The molecule has 0 unspecified atom stereocenters. The number of carbonyl (C=O) groups is 2. The first-order chi connectivity index (χ1) is 14.4. The maximum absolute atomic E-state index is 12.6. The predicted octanol–water partition coefficient (Wildman–Crippen LogP) is 1.59. The van der Waals surface area contributed by atoms with Gasteiger partial charge in [-0.3, -0.25) is 14.5 Å². The lowest BCUT2D eigenvalue weighted by atomic mass is 10.2. The number of hydrogen-bond acceptors (Lipinski definition) is 6. The van der Waals surface area contributed by atoms with Gasteiger partial charge in [0.25, 0.3) is 15.9 Å². The third-order valence-corrected chi connectivity index (χ3v) is 8.38. The number of sulfonamides is 1. The van der Waals surface area contributed by atoms with Crippen LogP contribution in [0.25, 0.3) is 0 Å². The molecule has 4 rings (SSSR count). The van der Waals surface area contributed by atoms with Gasteiger partial charge in [-0.2, -0.15) is 4.31 Å². The minimum Gasteiger partial charge on any atom is -0.349 e. The van der Waals surface area contributed by atoms with Crippen LogP contribution < -0.4 is 10.6 Å². The number of benzene rings is 1. The minimum absolute atomic E-state index is 0.128. The van der Waals surface area contributed by atoms with Crippen LogP contribution in [0.5, 0.6) is 0 Å². The van der Waals surface area contributed by atoms with Crippen molar-refractivity contribution in [2.45, 2.75) is 23.1 Å². The van der Waals surface area contributed by atoms with E-state index in [4.69, 9.17) is 0 Å². The number of carbonyl (C=O) groups excluding carboxylic acids is 2. The molecule has 1 aromatic carbocycles. The van der Waals surface area contributed by atoms with E-state index in [0.717, 1.165) is 12.8 Å². The van der Waals surface area contributed by atoms with Crippen molar-refractivity contribution in [3.05, 3.63) is 47.3 Å². The van der Waals surface area contributed by atoms with Crippen LogP contribution in [0.3, 0.4) is 0 Å². The summed E-state index contributed by atoms with van der Waals surface area (Å²) in [5.74, 6) is -0.319. The predicted molar refractivity (Wildman–Crippen MR) is 115 cm³/mol. The fourth-order valence-electron chi connectivity index (χ4n) is 3.30. The van der Waals surface area contributed by atoms with Gasteiger partial charge in [-0.25, -0.2) is 8.42 Å². The van der Waals surface area contributed by atoms with Crippen LogP contribution in [0.15, 0.2) is 46.0 Å². The zero-order chi connectivity index (χ0) is 21.1. The first-order valence-electron chi connectivity index (χ1n) is 9.88. The highest BCUT2D eigenvalue weighted by atomic mass is 32.2. The summed E-state index contributed by atoms with van der Waals surface area (Å²) >= 11 is 1.21. The fourth-order valence-corrected chi connectivity index (χ4v) is 5.87. The van der Waals surface area contributed by atoms with Gasteiger partial charge in [0.05, 0.1) is 6.54 Å². The third kappa shape index (κ3) is 5.07. The Hall–Kier alpha value is -2.27. The number of nitrogens with one attached hydrogen (secondary N) is 2. The Kier molecular flexibility index (Phi) is 6.19. The highest BCUT2D eigenvalue weighted by molar-refractivity contribution is 7.91. The number of nitrogens with zero attached hydrogens (tertiary/aromatic N) is 2. The van der Waals surface area contributed by atoms with Crippen LogP contribution >= 0.6 is 11.3 Å². The molecular formula is C20H24N4O4S2. The molecule has 1 aliphatic carbocycles. The molecule has 2 aromatic rings. The van der Waals surface area contributed by atoms with Gasteiger partial charge in [0.2, 0.25) is 5.91 Å². The zero-order valence-electron chi connectivity index (χ0n) is 16.4. The molecule has 0 spiro atoms. The van der Waals surface area contributed by atoms with Crippen molar-refractivity contribution >= 4 is 38.9 Å². The van der Waals surface area contributed by atoms with Crippen molar-refractivity contribution in [3.8, 4) is 0 Å². The highest BCUT2D eigenvalue weighted by Gasteiger charge is 2.29. The number of piperazine rings is 1. The van der Waals surface area contributed by atoms with E-state index in [9.17, 15) is 18.0 Å². The second kappa shape index (κ2) is 8.84. The van der Waals surface area contributed by atoms with Gasteiger partial charge in [-0.15, -0.1) is 11.3 Å². The fraction of sp³-hybridized carbons (Fsp3) is 0.400. The Labute approximate surface area is 179 Å². The molecule has 0 radical (unpaired) electrons. The molecule has 2 aliphatic rings. The number of rotatable bonds is 7. The molecule has 0 bridgehead atoms. The normalized spacial score (nSPS) is 18.1. The lowest BCUT2D eigenvalue weighted by molar-refractivity contribution is -0.117. The molecule has 0 atom stereocenters. The van der Waals surface area contributed by atoms with Gasteiger partial charge in [0.1, 0.15) is 4.21 Å². The first-order valence-corrected chi connectivity index (χ1v) is 12.2. The summed E-state index contributed by atoms with van der Waals surface area (Å²) in [7, 11) is -3.45. The maximum Gasteiger partial charge on any atom is 0.252 e. The highest BCUT2D eigenvalue weighted by Crippen LogP contribution is 2.22. The van der Waals surface area contributed by atoms with Crippen LogP contribution in [0.1, 0.15) is 23.2 Å². The summed E-state index contributed by atoms with van der Waals surface area (Å²) in [5.41, 5.74) is 1.09. The third-order valence-electron chi connectivity index (χ3n) is 5.11. The molecule has 2 amide bonds. The number of thiophene rings is 1. The molecule has 2 fully saturated rings. The van der Waals surface area contributed by atoms with E-state index < -0.39 is 10.0 Å². The van der Waals surface area contributed by atoms with E-state index in [1.165, 1.54) is 15.6 Å². The monoisotopic (exact) mass is 448 g/mol. The number of amides is 2. The lowest BCUT2D eigenvalue weighted by Gasteiger charge is -2.33. The van der Waals surface area contributed by atoms with Crippen molar-refractivity contribution < 1.29 is 18.0 Å². The smallest absolute Gasteiger partial charge is 0.252 e. The SMILES string of the molecule is O=C(CN1CCN(S(=O)(=O)c2cccs2)CC1)Nc1cccc(C(=O)NC2CC2)c1. The molecule has 10 heteroatoms. The maximum atomic E-state index is 12.6. The van der Waals surface area contributed by atoms with E-state index in [-0.39, 0.29) is 24.4 Å². The van der Waals surface area contributed by atoms with E-state index >= 15 is 0 Å². The quantitative estimate of drug-likeness (QED) is 0.670. The molecule has 1 aliphatic heterocycles. The Morgan fingerprint density at radius 3 is 2.50 bits per heavy atom. The number of hydrogen-bond donors (Lipinski definition) is 2. The van der Waals surface area contributed by atoms with Gasteiger partial charge >= 0.3 is 0 Å². The average Bonchev–Trinajstić information content (AvgIpc) is 3.36. The van der Waals surface area contributed by atoms with E-state index in [2.05, 4.69) is 10.6 Å². The second-order valence-electron chi connectivity index (χ2n) is 7.49. The van der Waals surface area contributed by atoms with Gasteiger partial charge in [-0.1, -0.05) is 12.1 Å². The van der Waals surface area contributed by atoms with Crippen LogP contribution in [-0.2, 0) is 14.8 Å². The van der Waals surface area contributed by atoms with Crippen molar-refractivity contribution in [2.75, 3.05) is 38.0 Å². The van der Waals surface area contributed by atoms with E-state index in [1.54, 1.807) is 41.8 Å². The zero-order valence-corrected chi connectivity index (χ0v) is 18.0. The van der Waals surface area contributed by atoms with Gasteiger partial charge in [0, 0.05) is 43.5 Å². The largest absolute Gasteiger partial charge is 0.349 e. The van der Waals surface area contributed by atoms with Gasteiger partial charge in [0.15, 0.2) is 0 Å². The summed E-state index contributed by atoms with van der Waals surface area (Å²) < 4.78 is 27.0. The van der Waals surface area contributed by atoms with Gasteiger partial charge in [-0.05, 0) is 42.5 Å². The summed E-state index contributed by atoms with van der Waals surface area (Å²) in [6.45, 7) is 1.85. The second-order valence-corrected chi connectivity index (χ2v) is 10.6. The molecule has 1 saturated heterocycles. The van der Waals surface area contributed by atoms with Crippen LogP contribution in [0.4, 0.5) is 5.69 Å². The first kappa shape index (κ1) is 21.0. The Balaban J connectivity index is 1.28. The van der Waals surface area contributed by atoms with Gasteiger partial charge < -0.3 is 10.6 Å². The van der Waals surface area contributed by atoms with E-state index in [0.29, 0.717) is 41.6 Å². The lowest BCUT2D eigenvalue weighted by Crippen LogP contribution is -2.50. The molecule has 8 nitrogen and oxygen atoms in total. The average molecular weight is 449 g/mol. The van der Waals surface area contributed by atoms with Crippen LogP contribution in [0.2, 0.25) is 0 Å². The molecule has 2 N–H and O–H groups in total. The van der Waals surface area contributed by atoms with Crippen molar-refractivity contribution in [1.29, 1.82) is 0 Å². The standard InChI is InChI=1S/C20H24N4O4S2/c25-18(21-17-4-1-3-15(13-17)20(26)22-16-6-7-16)14-23-8-10-24(11-9-23)30(27,28)19-5-2-12-29-19/h1-5,12-13,16H,6-11,14H2,(H,21,25)(H,22,26). The van der Waals surface area contributed by atoms with E-state index in [1.807, 2.05) is 4.90 Å². The minimum atomic E-state index is -3.45. The molecule has 1 aromatic heterocycles. The van der Waals surface area contributed by atoms with Crippen molar-refractivity contribution in [3.63, 3.8) is 0 Å². The Morgan fingerprint density at radius 1 is 1.07 bits per heavy atom. The van der Waals surface area contributed by atoms with Crippen molar-refractivity contribution in [2.24, 2.45) is 0 Å². The summed E-state index contributed by atoms with van der Waals surface area (Å²) in [6.07, 6.45) is 2.04. The van der Waals surface area contributed by atoms with Crippen LogP contribution in [0, 0.1) is 0 Å². The molecule has 160 valence electrons. The molecule has 1 saturated carbocycles. The molecular weight excluding hydrogens is 424 g/mol. The summed E-state index contributed by atoms with van der Waals surface area (Å²) in [6, 6.07) is 10.5.